The Kier molecular flexibility index (Phi) is 3.40. The molecule has 0 atom stereocenters. The predicted molar refractivity (Wildman–Crippen MR) is 59.9 cm³/mol. The van der Waals surface area contributed by atoms with Gasteiger partial charge in [0.2, 0.25) is 0 Å². The molecule has 2 heteroatoms. The molecule has 0 aliphatic rings. The first kappa shape index (κ1) is 11.6. The van der Waals surface area contributed by atoms with Crippen LogP contribution in [-0.4, -0.2) is 11.6 Å². The summed E-state index contributed by atoms with van der Waals surface area (Å²) in [5.41, 5.74) is 0.0662. The average molecular weight is 204 g/mol. The van der Waals surface area contributed by atoms with Gasteiger partial charge in [0, 0.05) is 17.4 Å². The molecule has 0 heterocycles. The van der Waals surface area contributed by atoms with Crippen molar-refractivity contribution in [2.24, 2.45) is 5.41 Å². The lowest BCUT2D eigenvalue weighted by molar-refractivity contribution is -0.118. The van der Waals surface area contributed by atoms with Crippen LogP contribution in [0.1, 0.15) is 37.6 Å². The maximum absolute atomic E-state index is 12.0. The van der Waals surface area contributed by atoms with Crippen molar-refractivity contribution in [1.82, 2.24) is 0 Å². The summed E-state index contributed by atoms with van der Waals surface area (Å²) >= 11 is 0. The molecule has 0 aromatic heterocycles. The highest BCUT2D eigenvalue weighted by Crippen LogP contribution is 2.26. The van der Waals surface area contributed by atoms with Crippen LogP contribution in [0.5, 0.6) is 0 Å². The van der Waals surface area contributed by atoms with E-state index < -0.39 is 5.41 Å². The molecular weight excluding hydrogens is 188 g/mol. The smallest absolute Gasteiger partial charge is 0.168 e. The molecule has 80 valence electrons. The Morgan fingerprint density at radius 1 is 1.13 bits per heavy atom. The van der Waals surface area contributed by atoms with Gasteiger partial charge in [-0.2, -0.15) is 0 Å². The van der Waals surface area contributed by atoms with Crippen LogP contribution in [0.2, 0.25) is 0 Å². The first-order valence-electron chi connectivity index (χ1n) is 5.03. The molecule has 0 aliphatic heterocycles. The molecule has 0 saturated heterocycles. The van der Waals surface area contributed by atoms with Gasteiger partial charge in [-0.05, 0) is 6.92 Å². The molecule has 0 unspecified atom stereocenters. The van der Waals surface area contributed by atoms with E-state index in [0.29, 0.717) is 12.0 Å². The summed E-state index contributed by atoms with van der Waals surface area (Å²) in [5, 5.41) is 0. The Hall–Kier alpha value is -1.44. The van der Waals surface area contributed by atoms with Crippen LogP contribution >= 0.6 is 0 Å². The molecule has 0 fully saturated rings. The summed E-state index contributed by atoms with van der Waals surface area (Å²) in [6.45, 7) is 5.13. The zero-order valence-electron chi connectivity index (χ0n) is 9.41. The molecule has 0 aliphatic carbocycles. The topological polar surface area (TPSA) is 34.1 Å². The van der Waals surface area contributed by atoms with Crippen molar-refractivity contribution in [2.45, 2.75) is 27.2 Å². The molecule has 1 aromatic rings. The zero-order valence-corrected chi connectivity index (χ0v) is 9.41. The first-order chi connectivity index (χ1) is 6.93. The molecule has 2 nitrogen and oxygen atoms in total. The standard InChI is InChI=1S/C13H16O2/c1-10(14)9-13(2,3)12(15)11-7-5-4-6-8-11/h4-8H,9H2,1-3H3. The third-order valence-corrected chi connectivity index (χ3v) is 2.34. The predicted octanol–water partition coefficient (Wildman–Crippen LogP) is 2.87. The van der Waals surface area contributed by atoms with Gasteiger partial charge in [0.15, 0.2) is 5.78 Å². The van der Waals surface area contributed by atoms with E-state index in [4.69, 9.17) is 0 Å². The molecule has 15 heavy (non-hydrogen) atoms. The highest BCUT2D eigenvalue weighted by Gasteiger charge is 2.29. The van der Waals surface area contributed by atoms with Gasteiger partial charge in [0.05, 0.1) is 0 Å². The van der Waals surface area contributed by atoms with E-state index in [-0.39, 0.29) is 11.6 Å². The second-order valence-electron chi connectivity index (χ2n) is 4.46. The van der Waals surface area contributed by atoms with Gasteiger partial charge < -0.3 is 0 Å². The second kappa shape index (κ2) is 4.39. The monoisotopic (exact) mass is 204 g/mol. The summed E-state index contributed by atoms with van der Waals surface area (Å²) in [7, 11) is 0. The van der Waals surface area contributed by atoms with Crippen molar-refractivity contribution in [3.63, 3.8) is 0 Å². The average Bonchev–Trinajstić information content (AvgIpc) is 2.16. The summed E-state index contributed by atoms with van der Waals surface area (Å²) in [6.07, 6.45) is 0.292. The summed E-state index contributed by atoms with van der Waals surface area (Å²) < 4.78 is 0. The van der Waals surface area contributed by atoms with Gasteiger partial charge in [0.25, 0.3) is 0 Å². The van der Waals surface area contributed by atoms with Gasteiger partial charge in [-0.25, -0.2) is 0 Å². The summed E-state index contributed by atoms with van der Waals surface area (Å²) in [6, 6.07) is 9.09. The molecule has 0 bridgehead atoms. The Labute approximate surface area is 90.3 Å². The largest absolute Gasteiger partial charge is 0.300 e. The minimum absolute atomic E-state index is 0.0262. The normalized spacial score (nSPS) is 11.1. The molecule has 0 N–H and O–H groups in total. The van der Waals surface area contributed by atoms with Crippen LogP contribution in [0.4, 0.5) is 0 Å². The minimum Gasteiger partial charge on any atom is -0.300 e. The Bertz CT molecular complexity index is 363. The van der Waals surface area contributed by atoms with E-state index in [1.54, 1.807) is 12.1 Å². The highest BCUT2D eigenvalue weighted by molar-refractivity contribution is 6.02. The Morgan fingerprint density at radius 3 is 2.13 bits per heavy atom. The fourth-order valence-electron chi connectivity index (χ4n) is 1.68. The highest BCUT2D eigenvalue weighted by atomic mass is 16.1. The number of rotatable bonds is 4. The maximum Gasteiger partial charge on any atom is 0.168 e. The number of carbonyl (C=O) groups is 2. The number of ketones is 2. The fourth-order valence-corrected chi connectivity index (χ4v) is 1.68. The van der Waals surface area contributed by atoms with E-state index in [9.17, 15) is 9.59 Å². The Balaban J connectivity index is 2.89. The number of benzene rings is 1. The summed E-state index contributed by atoms with van der Waals surface area (Å²) in [4.78, 5) is 23.1. The number of carbonyl (C=O) groups excluding carboxylic acids is 2. The quantitative estimate of drug-likeness (QED) is 0.707. The Morgan fingerprint density at radius 2 is 1.67 bits per heavy atom. The van der Waals surface area contributed by atoms with E-state index in [0.717, 1.165) is 0 Å². The van der Waals surface area contributed by atoms with Crippen molar-refractivity contribution < 1.29 is 9.59 Å². The lowest BCUT2D eigenvalue weighted by Gasteiger charge is -2.21. The molecular formula is C13H16O2. The third-order valence-electron chi connectivity index (χ3n) is 2.34. The molecule has 1 aromatic carbocycles. The van der Waals surface area contributed by atoms with Crippen molar-refractivity contribution in [2.75, 3.05) is 0 Å². The van der Waals surface area contributed by atoms with Crippen LogP contribution in [-0.2, 0) is 4.79 Å². The van der Waals surface area contributed by atoms with Crippen LogP contribution in [0, 0.1) is 5.41 Å². The molecule has 0 radical (unpaired) electrons. The summed E-state index contributed by atoms with van der Waals surface area (Å²) in [5.74, 6) is 0.0718. The number of hydrogen-bond acceptors (Lipinski definition) is 2. The van der Waals surface area contributed by atoms with E-state index >= 15 is 0 Å². The minimum atomic E-state index is -0.604. The van der Waals surface area contributed by atoms with Gasteiger partial charge in [0.1, 0.15) is 5.78 Å². The molecule has 0 amide bonds. The van der Waals surface area contributed by atoms with E-state index in [1.807, 2.05) is 32.0 Å². The molecule has 0 spiro atoms. The van der Waals surface area contributed by atoms with Gasteiger partial charge >= 0.3 is 0 Å². The number of Topliss-reactive ketones (excluding diaryl/α,β-unsaturated/α-hetero) is 2. The van der Waals surface area contributed by atoms with Gasteiger partial charge in [-0.15, -0.1) is 0 Å². The second-order valence-corrected chi connectivity index (χ2v) is 4.46. The molecule has 0 saturated carbocycles. The van der Waals surface area contributed by atoms with Crippen molar-refractivity contribution in [3.8, 4) is 0 Å². The number of hydrogen-bond donors (Lipinski definition) is 0. The molecule has 1 rings (SSSR count). The lowest BCUT2D eigenvalue weighted by Crippen LogP contribution is -2.26. The first-order valence-corrected chi connectivity index (χ1v) is 5.03. The lowest BCUT2D eigenvalue weighted by atomic mass is 9.80. The third kappa shape index (κ3) is 3.01. The van der Waals surface area contributed by atoms with Crippen molar-refractivity contribution >= 4 is 11.6 Å². The van der Waals surface area contributed by atoms with E-state index in [1.165, 1.54) is 6.92 Å². The van der Waals surface area contributed by atoms with Gasteiger partial charge in [-0.3, -0.25) is 9.59 Å². The van der Waals surface area contributed by atoms with Crippen LogP contribution < -0.4 is 0 Å². The van der Waals surface area contributed by atoms with Crippen LogP contribution in [0.25, 0.3) is 0 Å². The zero-order chi connectivity index (χ0) is 11.5. The van der Waals surface area contributed by atoms with Crippen LogP contribution in [0.15, 0.2) is 30.3 Å². The fraction of sp³-hybridized carbons (Fsp3) is 0.385. The van der Waals surface area contributed by atoms with Crippen molar-refractivity contribution in [1.29, 1.82) is 0 Å². The van der Waals surface area contributed by atoms with Crippen LogP contribution in [0.3, 0.4) is 0 Å². The SMILES string of the molecule is CC(=O)CC(C)(C)C(=O)c1ccccc1. The maximum atomic E-state index is 12.0. The van der Waals surface area contributed by atoms with Gasteiger partial charge in [-0.1, -0.05) is 44.2 Å². The van der Waals surface area contributed by atoms with E-state index in [2.05, 4.69) is 0 Å². The van der Waals surface area contributed by atoms with Crippen molar-refractivity contribution in [3.05, 3.63) is 35.9 Å².